The van der Waals surface area contributed by atoms with Crippen LogP contribution in [0.2, 0.25) is 0 Å². The fourth-order valence-corrected chi connectivity index (χ4v) is 5.70. The fraction of sp³-hybridized carbons (Fsp3) is 0.345. The highest BCUT2D eigenvalue weighted by Crippen LogP contribution is 2.33. The Bertz CT molecular complexity index is 1510. The maximum absolute atomic E-state index is 14.2. The standard InChI is InChI=1S/C29H31F2N7O2/c1-18-27(20-13-32-36(2)14-20)35-38(21-6-4-3-5-7-21)28(18)34-29(39)33-26-16-37(22-10-11-40-17-22)15-23(26)19-8-9-24(30)25(31)12-19/h3-9,12-14,22-23,26H,10-11,15-17H2,1-2H3,(H2,33,34,39)/t22?,23-,26+/m0/s1. The molecule has 9 nitrogen and oxygen atoms in total. The zero-order valence-corrected chi connectivity index (χ0v) is 22.3. The minimum atomic E-state index is -0.895. The van der Waals surface area contributed by atoms with Gasteiger partial charge in [-0.3, -0.25) is 14.9 Å². The number of aromatic nitrogens is 4. The number of halogens is 2. The van der Waals surface area contributed by atoms with E-state index < -0.39 is 17.7 Å². The Kier molecular flexibility index (Phi) is 7.07. The number of para-hydroxylation sites is 1. The lowest BCUT2D eigenvalue weighted by Crippen LogP contribution is -2.43. The van der Waals surface area contributed by atoms with E-state index >= 15 is 0 Å². The van der Waals surface area contributed by atoms with Crippen molar-refractivity contribution in [3.05, 3.63) is 83.7 Å². The van der Waals surface area contributed by atoms with Gasteiger partial charge >= 0.3 is 6.03 Å². The number of nitrogens with one attached hydrogen (secondary N) is 2. The Morgan fingerprint density at radius 1 is 1.10 bits per heavy atom. The van der Waals surface area contributed by atoms with Gasteiger partial charge in [0.1, 0.15) is 11.5 Å². The predicted molar refractivity (Wildman–Crippen MR) is 146 cm³/mol. The summed E-state index contributed by atoms with van der Waals surface area (Å²) in [4.78, 5) is 15.8. The van der Waals surface area contributed by atoms with Crippen molar-refractivity contribution in [3.63, 3.8) is 0 Å². The number of rotatable bonds is 6. The molecule has 0 spiro atoms. The van der Waals surface area contributed by atoms with Crippen molar-refractivity contribution >= 4 is 11.8 Å². The second-order valence-electron chi connectivity index (χ2n) is 10.4. The van der Waals surface area contributed by atoms with E-state index in [1.54, 1.807) is 21.6 Å². The van der Waals surface area contributed by atoms with Crippen LogP contribution in [0.1, 0.15) is 23.5 Å². The molecule has 6 rings (SSSR count). The molecule has 4 aromatic rings. The van der Waals surface area contributed by atoms with E-state index in [2.05, 4.69) is 20.6 Å². The van der Waals surface area contributed by atoms with Crippen molar-refractivity contribution in [1.82, 2.24) is 29.8 Å². The van der Waals surface area contributed by atoms with E-state index in [-0.39, 0.29) is 18.0 Å². The average Bonchev–Trinajstić information content (AvgIpc) is 3.75. The van der Waals surface area contributed by atoms with Crippen LogP contribution in [0.25, 0.3) is 16.9 Å². The number of ether oxygens (including phenoxy) is 1. The van der Waals surface area contributed by atoms with Gasteiger partial charge in [-0.25, -0.2) is 18.3 Å². The third kappa shape index (κ3) is 5.09. The number of carbonyl (C=O) groups is 1. The Morgan fingerprint density at radius 2 is 1.93 bits per heavy atom. The highest BCUT2D eigenvalue weighted by molar-refractivity contribution is 5.91. The smallest absolute Gasteiger partial charge is 0.320 e. The lowest BCUT2D eigenvalue weighted by Gasteiger charge is -2.22. The molecule has 0 saturated carbocycles. The van der Waals surface area contributed by atoms with Gasteiger partial charge in [-0.05, 0) is 43.2 Å². The largest absolute Gasteiger partial charge is 0.380 e. The molecule has 4 heterocycles. The van der Waals surface area contributed by atoms with Gasteiger partial charge in [-0.2, -0.15) is 10.2 Å². The number of benzene rings is 2. The molecule has 11 heteroatoms. The molecule has 0 aliphatic carbocycles. The Balaban J connectivity index is 1.28. The molecular formula is C29H31F2N7O2. The van der Waals surface area contributed by atoms with E-state index in [1.165, 1.54) is 6.07 Å². The molecular weight excluding hydrogens is 516 g/mol. The van der Waals surface area contributed by atoms with Crippen molar-refractivity contribution in [1.29, 1.82) is 0 Å². The summed E-state index contributed by atoms with van der Waals surface area (Å²) in [5, 5.41) is 15.2. The molecule has 3 atom stereocenters. The SMILES string of the molecule is Cc1c(-c2cnn(C)c2)nn(-c2ccccc2)c1NC(=O)N[C@@H]1CN(C2CCOC2)C[C@H]1c1ccc(F)c(F)c1. The van der Waals surface area contributed by atoms with Gasteiger partial charge in [0.15, 0.2) is 11.6 Å². The molecule has 2 aliphatic rings. The van der Waals surface area contributed by atoms with Gasteiger partial charge < -0.3 is 10.1 Å². The number of hydrogen-bond acceptors (Lipinski definition) is 5. The first-order valence-corrected chi connectivity index (χ1v) is 13.4. The number of amides is 2. The normalized spacial score (nSPS) is 21.1. The lowest BCUT2D eigenvalue weighted by molar-refractivity contribution is 0.157. The molecule has 208 valence electrons. The summed E-state index contributed by atoms with van der Waals surface area (Å²) in [5.74, 6) is -1.47. The van der Waals surface area contributed by atoms with Crippen LogP contribution in [0, 0.1) is 18.6 Å². The minimum Gasteiger partial charge on any atom is -0.380 e. The molecule has 1 unspecified atom stereocenters. The summed E-state index contributed by atoms with van der Waals surface area (Å²) in [6.45, 7) is 4.40. The molecule has 2 aromatic heterocycles. The minimum absolute atomic E-state index is 0.215. The van der Waals surface area contributed by atoms with Gasteiger partial charge in [0.2, 0.25) is 0 Å². The zero-order valence-electron chi connectivity index (χ0n) is 22.3. The second kappa shape index (κ2) is 10.8. The molecule has 2 saturated heterocycles. The van der Waals surface area contributed by atoms with Crippen LogP contribution in [0.15, 0.2) is 60.9 Å². The summed E-state index contributed by atoms with van der Waals surface area (Å²) in [5.41, 5.74) is 3.78. The van der Waals surface area contributed by atoms with E-state index in [0.29, 0.717) is 43.4 Å². The van der Waals surface area contributed by atoms with Crippen molar-refractivity contribution < 1.29 is 18.3 Å². The quantitative estimate of drug-likeness (QED) is 0.377. The van der Waals surface area contributed by atoms with Gasteiger partial charge in [0.25, 0.3) is 0 Å². The van der Waals surface area contributed by atoms with Crippen molar-refractivity contribution in [2.45, 2.75) is 31.3 Å². The van der Waals surface area contributed by atoms with Crippen molar-refractivity contribution in [2.75, 3.05) is 31.6 Å². The first kappa shape index (κ1) is 26.1. The summed E-state index contributed by atoms with van der Waals surface area (Å²) >= 11 is 0. The lowest BCUT2D eigenvalue weighted by atomic mass is 9.94. The molecule has 2 N–H and O–H groups in total. The number of aryl methyl sites for hydroxylation is 1. The van der Waals surface area contributed by atoms with Crippen LogP contribution >= 0.6 is 0 Å². The Hall–Kier alpha value is -4.09. The van der Waals surface area contributed by atoms with E-state index in [9.17, 15) is 13.6 Å². The number of urea groups is 1. The highest BCUT2D eigenvalue weighted by atomic mass is 19.2. The van der Waals surface area contributed by atoms with Gasteiger partial charge in [-0.1, -0.05) is 24.3 Å². The van der Waals surface area contributed by atoms with Crippen LogP contribution in [0.5, 0.6) is 0 Å². The Morgan fingerprint density at radius 3 is 2.62 bits per heavy atom. The van der Waals surface area contributed by atoms with Crippen LogP contribution in [0.4, 0.5) is 19.4 Å². The van der Waals surface area contributed by atoms with Gasteiger partial charge in [0, 0.05) is 56.0 Å². The first-order valence-electron chi connectivity index (χ1n) is 13.4. The Labute approximate surface area is 230 Å². The number of likely N-dealkylation sites (tertiary alicyclic amines) is 1. The molecule has 2 aromatic carbocycles. The molecule has 40 heavy (non-hydrogen) atoms. The summed E-state index contributed by atoms with van der Waals surface area (Å²) < 4.78 is 36.9. The van der Waals surface area contributed by atoms with E-state index in [0.717, 1.165) is 29.3 Å². The zero-order chi connectivity index (χ0) is 27.8. The van der Waals surface area contributed by atoms with Crippen LogP contribution in [0.3, 0.4) is 0 Å². The van der Waals surface area contributed by atoms with Crippen LogP contribution < -0.4 is 10.6 Å². The summed E-state index contributed by atoms with van der Waals surface area (Å²) in [6, 6.07) is 13.0. The maximum Gasteiger partial charge on any atom is 0.320 e. The van der Waals surface area contributed by atoms with E-state index in [4.69, 9.17) is 9.84 Å². The van der Waals surface area contributed by atoms with Gasteiger partial charge in [-0.15, -0.1) is 0 Å². The monoisotopic (exact) mass is 547 g/mol. The topological polar surface area (TPSA) is 89.2 Å². The predicted octanol–water partition coefficient (Wildman–Crippen LogP) is 4.24. The van der Waals surface area contributed by atoms with E-state index in [1.807, 2.05) is 50.5 Å². The number of anilines is 1. The van der Waals surface area contributed by atoms with Crippen molar-refractivity contribution in [2.24, 2.45) is 7.05 Å². The molecule has 0 bridgehead atoms. The maximum atomic E-state index is 14.2. The number of carbonyl (C=O) groups excluding carboxylic acids is 1. The number of nitrogens with zero attached hydrogens (tertiary/aromatic N) is 5. The van der Waals surface area contributed by atoms with Crippen LogP contribution in [-0.2, 0) is 11.8 Å². The van der Waals surface area contributed by atoms with Crippen molar-refractivity contribution in [3.8, 4) is 16.9 Å². The second-order valence-corrected chi connectivity index (χ2v) is 10.4. The highest BCUT2D eigenvalue weighted by Gasteiger charge is 2.39. The third-order valence-electron chi connectivity index (χ3n) is 7.79. The first-order chi connectivity index (χ1) is 19.4. The van der Waals surface area contributed by atoms with Gasteiger partial charge in [0.05, 0.1) is 24.5 Å². The number of hydrogen-bond donors (Lipinski definition) is 2. The molecule has 2 fully saturated rings. The molecule has 2 amide bonds. The third-order valence-corrected chi connectivity index (χ3v) is 7.79. The average molecular weight is 548 g/mol. The fourth-order valence-electron chi connectivity index (χ4n) is 5.70. The molecule has 2 aliphatic heterocycles. The summed E-state index contributed by atoms with van der Waals surface area (Å²) in [7, 11) is 1.84. The summed E-state index contributed by atoms with van der Waals surface area (Å²) in [6.07, 6.45) is 4.51. The van der Waals surface area contributed by atoms with Crippen LogP contribution in [-0.4, -0.2) is 68.9 Å². The molecule has 0 radical (unpaired) electrons.